The number of fused-ring (bicyclic) bond motifs is 2. The predicted molar refractivity (Wildman–Crippen MR) is 144 cm³/mol. The molecule has 0 amide bonds. The van der Waals surface area contributed by atoms with Gasteiger partial charge in [-0.3, -0.25) is 0 Å². The lowest BCUT2D eigenvalue weighted by Crippen LogP contribution is -2.02. The third-order valence-electron chi connectivity index (χ3n) is 6.12. The second kappa shape index (κ2) is 8.96. The fourth-order valence-corrected chi connectivity index (χ4v) is 4.40. The minimum atomic E-state index is 0.808. The first-order chi connectivity index (χ1) is 17.2. The van der Waals surface area contributed by atoms with Gasteiger partial charge in [-0.25, -0.2) is 4.99 Å². The molecule has 0 saturated carbocycles. The van der Waals surface area contributed by atoms with Crippen molar-refractivity contribution in [1.29, 1.82) is 0 Å². The highest BCUT2D eigenvalue weighted by molar-refractivity contribution is 6.02. The molecule has 3 heteroatoms. The average Bonchev–Trinajstić information content (AvgIpc) is 2.89. The molecule has 3 nitrogen and oxygen atoms in total. The number of benzene rings is 5. The molecule has 0 unspecified atom stereocenters. The largest absolute Gasteiger partial charge is 0.456 e. The Hall–Kier alpha value is -4.63. The lowest BCUT2D eigenvalue weighted by Gasteiger charge is -2.16. The molecular formula is C32H24N2O. The van der Waals surface area contributed by atoms with E-state index < -0.39 is 0 Å². The van der Waals surface area contributed by atoms with Crippen molar-refractivity contribution >= 4 is 28.0 Å². The number of nitrogens with zero attached hydrogens (tertiary/aromatic N) is 1. The van der Waals surface area contributed by atoms with Crippen LogP contribution in [0.25, 0.3) is 33.4 Å². The molecule has 0 saturated heterocycles. The fraction of sp³-hybridized carbons (Fsp3) is 0.0312. The second-order valence-corrected chi connectivity index (χ2v) is 8.67. The molecule has 168 valence electrons. The van der Waals surface area contributed by atoms with Gasteiger partial charge in [-0.15, -0.1) is 0 Å². The van der Waals surface area contributed by atoms with E-state index in [9.17, 15) is 0 Å². The highest BCUT2D eigenvalue weighted by Crippen LogP contribution is 2.40. The van der Waals surface area contributed by atoms with Gasteiger partial charge in [0.1, 0.15) is 11.3 Å². The maximum atomic E-state index is 6.49. The van der Waals surface area contributed by atoms with E-state index in [0.717, 1.165) is 50.3 Å². The van der Waals surface area contributed by atoms with Crippen molar-refractivity contribution in [3.63, 3.8) is 0 Å². The molecule has 0 aromatic heterocycles. The Kier molecular flexibility index (Phi) is 5.36. The van der Waals surface area contributed by atoms with Crippen LogP contribution in [0.4, 0.5) is 17.1 Å². The van der Waals surface area contributed by atoms with Crippen LogP contribution in [0.2, 0.25) is 0 Å². The minimum absolute atomic E-state index is 0.808. The van der Waals surface area contributed by atoms with Gasteiger partial charge in [0, 0.05) is 40.0 Å². The van der Waals surface area contributed by atoms with E-state index in [-0.39, 0.29) is 0 Å². The van der Waals surface area contributed by atoms with Crippen molar-refractivity contribution in [3.8, 4) is 22.5 Å². The Morgan fingerprint density at radius 3 is 2.17 bits per heavy atom. The molecule has 4 aromatic carbocycles. The topological polar surface area (TPSA) is 37.5 Å². The summed E-state index contributed by atoms with van der Waals surface area (Å²) in [6.07, 6.45) is 0. The van der Waals surface area contributed by atoms with E-state index in [1.807, 2.05) is 54.6 Å². The Morgan fingerprint density at radius 2 is 1.40 bits per heavy atom. The highest BCUT2D eigenvalue weighted by atomic mass is 16.3. The van der Waals surface area contributed by atoms with E-state index in [1.54, 1.807) is 0 Å². The fourth-order valence-electron chi connectivity index (χ4n) is 4.40. The molecule has 1 aliphatic carbocycles. The van der Waals surface area contributed by atoms with Crippen molar-refractivity contribution in [2.24, 2.45) is 4.99 Å². The molecule has 0 radical (unpaired) electrons. The summed E-state index contributed by atoms with van der Waals surface area (Å²) in [6, 6.07) is 41.3. The molecule has 0 spiro atoms. The molecule has 4 aromatic rings. The van der Waals surface area contributed by atoms with Crippen LogP contribution in [0.3, 0.4) is 0 Å². The van der Waals surface area contributed by atoms with Crippen LogP contribution in [-0.4, -0.2) is 0 Å². The maximum absolute atomic E-state index is 6.49. The summed E-state index contributed by atoms with van der Waals surface area (Å²) in [5, 5.41) is 5.41. The van der Waals surface area contributed by atoms with Crippen LogP contribution in [0.15, 0.2) is 131 Å². The third-order valence-corrected chi connectivity index (χ3v) is 6.12. The van der Waals surface area contributed by atoms with Gasteiger partial charge in [-0.05, 0) is 61.0 Å². The average molecular weight is 453 g/mol. The van der Waals surface area contributed by atoms with E-state index in [0.29, 0.717) is 0 Å². The number of rotatable bonds is 4. The molecule has 6 rings (SSSR count). The molecule has 35 heavy (non-hydrogen) atoms. The first kappa shape index (κ1) is 20.9. The number of hydrogen-bond acceptors (Lipinski definition) is 3. The SMILES string of the molecule is Cc1ccc(-c2c3cc/c(=N\c4ccccc4)cc-3oc3cc(Nc4ccccc4)ccc23)cc1. The van der Waals surface area contributed by atoms with Crippen molar-refractivity contribution in [3.05, 3.63) is 132 Å². The summed E-state index contributed by atoms with van der Waals surface area (Å²) in [7, 11) is 0. The monoisotopic (exact) mass is 452 g/mol. The van der Waals surface area contributed by atoms with Crippen LogP contribution in [0.1, 0.15) is 5.56 Å². The van der Waals surface area contributed by atoms with Crippen molar-refractivity contribution < 1.29 is 4.42 Å². The zero-order valence-electron chi connectivity index (χ0n) is 19.4. The molecule has 2 aliphatic rings. The summed E-state index contributed by atoms with van der Waals surface area (Å²) in [5.74, 6) is 0.808. The Balaban J connectivity index is 1.56. The van der Waals surface area contributed by atoms with E-state index in [2.05, 4.69) is 79.0 Å². The molecule has 1 aliphatic heterocycles. The van der Waals surface area contributed by atoms with Gasteiger partial charge in [-0.2, -0.15) is 0 Å². The van der Waals surface area contributed by atoms with Crippen LogP contribution >= 0.6 is 0 Å². The summed E-state index contributed by atoms with van der Waals surface area (Å²) < 4.78 is 6.49. The number of para-hydroxylation sites is 2. The van der Waals surface area contributed by atoms with Gasteiger partial charge in [0.25, 0.3) is 0 Å². The van der Waals surface area contributed by atoms with Gasteiger partial charge in [0.05, 0.1) is 11.0 Å². The second-order valence-electron chi connectivity index (χ2n) is 8.67. The maximum Gasteiger partial charge on any atom is 0.137 e. The zero-order valence-corrected chi connectivity index (χ0v) is 19.4. The predicted octanol–water partition coefficient (Wildman–Crippen LogP) is 8.49. The number of anilines is 2. The van der Waals surface area contributed by atoms with E-state index in [1.165, 1.54) is 11.1 Å². The Labute approximate surface area is 204 Å². The number of aryl methyl sites for hydroxylation is 1. The minimum Gasteiger partial charge on any atom is -0.456 e. The Bertz CT molecular complexity index is 1650. The Morgan fingerprint density at radius 1 is 0.657 bits per heavy atom. The van der Waals surface area contributed by atoms with Gasteiger partial charge in [0.2, 0.25) is 0 Å². The van der Waals surface area contributed by atoms with Crippen LogP contribution in [0, 0.1) is 6.92 Å². The summed E-state index contributed by atoms with van der Waals surface area (Å²) in [5.41, 5.74) is 8.39. The molecular weight excluding hydrogens is 428 g/mol. The van der Waals surface area contributed by atoms with Gasteiger partial charge < -0.3 is 9.73 Å². The quantitative estimate of drug-likeness (QED) is 0.272. The molecule has 1 N–H and O–H groups in total. The van der Waals surface area contributed by atoms with Crippen LogP contribution in [0.5, 0.6) is 0 Å². The van der Waals surface area contributed by atoms with Crippen molar-refractivity contribution in [2.45, 2.75) is 6.92 Å². The summed E-state index contributed by atoms with van der Waals surface area (Å²) >= 11 is 0. The van der Waals surface area contributed by atoms with Crippen LogP contribution < -0.4 is 10.7 Å². The third kappa shape index (κ3) is 4.32. The zero-order chi connectivity index (χ0) is 23.6. The number of nitrogens with one attached hydrogen (secondary N) is 1. The van der Waals surface area contributed by atoms with Crippen molar-refractivity contribution in [1.82, 2.24) is 0 Å². The molecule has 0 fully saturated rings. The normalized spacial score (nSPS) is 11.7. The first-order valence-electron chi connectivity index (χ1n) is 11.7. The summed E-state index contributed by atoms with van der Waals surface area (Å²) in [6.45, 7) is 2.11. The molecule has 1 heterocycles. The summed E-state index contributed by atoms with van der Waals surface area (Å²) in [4.78, 5) is 4.79. The lowest BCUT2D eigenvalue weighted by molar-refractivity contribution is 0.619. The van der Waals surface area contributed by atoms with Gasteiger partial charge >= 0.3 is 0 Å². The van der Waals surface area contributed by atoms with Gasteiger partial charge in [-0.1, -0.05) is 66.2 Å². The standard InChI is InChI=1S/C32H24N2O/c1-22-12-14-23(15-13-22)32-28-18-16-26(33-24-8-4-2-5-9-24)20-30(28)35-31-21-27(17-19-29(31)32)34-25-10-6-3-7-11-25/h2-21,33H,1H3/b34-27+. The molecule has 0 atom stereocenters. The van der Waals surface area contributed by atoms with E-state index >= 15 is 0 Å². The molecule has 0 bridgehead atoms. The van der Waals surface area contributed by atoms with E-state index in [4.69, 9.17) is 9.41 Å². The lowest BCUT2D eigenvalue weighted by atomic mass is 9.93. The van der Waals surface area contributed by atoms with Crippen molar-refractivity contribution in [2.75, 3.05) is 5.32 Å². The smallest absolute Gasteiger partial charge is 0.137 e. The first-order valence-corrected chi connectivity index (χ1v) is 11.7. The highest BCUT2D eigenvalue weighted by Gasteiger charge is 2.17. The van der Waals surface area contributed by atoms with Crippen LogP contribution in [-0.2, 0) is 0 Å². The van der Waals surface area contributed by atoms with Gasteiger partial charge in [0.15, 0.2) is 0 Å². The number of hydrogen-bond donors (Lipinski definition) is 1.